The minimum absolute atomic E-state index is 0.179. The van der Waals surface area contributed by atoms with Crippen molar-refractivity contribution in [2.75, 3.05) is 26.0 Å². The van der Waals surface area contributed by atoms with E-state index in [-0.39, 0.29) is 22.1 Å². The van der Waals surface area contributed by atoms with Gasteiger partial charge in [-0.2, -0.15) is 0 Å². The minimum Gasteiger partial charge on any atom is -0.330 e. The lowest BCUT2D eigenvalue weighted by Crippen LogP contribution is -2.56. The number of anilines is 1. The number of sulfonamides is 1. The summed E-state index contributed by atoms with van der Waals surface area (Å²) in [6.45, 7) is 2.37. The molecule has 1 aromatic rings. The molecule has 5 fully saturated rings. The molecule has 0 radical (unpaired) electrons. The highest BCUT2D eigenvalue weighted by Gasteiger charge is 2.56. The molecule has 1 aromatic carbocycles. The van der Waals surface area contributed by atoms with Crippen molar-refractivity contribution in [2.24, 2.45) is 23.2 Å². The van der Waals surface area contributed by atoms with E-state index >= 15 is 0 Å². The Morgan fingerprint density at radius 3 is 2.24 bits per heavy atom. The highest BCUT2D eigenvalue weighted by molar-refractivity contribution is 7.89. The first-order valence-corrected chi connectivity index (χ1v) is 13.7. The summed E-state index contributed by atoms with van der Waals surface area (Å²) in [7, 11) is -0.632. The second-order valence-electron chi connectivity index (χ2n) is 11.1. The van der Waals surface area contributed by atoms with Crippen LogP contribution in [-0.4, -0.2) is 56.1 Å². The molecule has 1 aliphatic heterocycles. The van der Waals surface area contributed by atoms with Crippen molar-refractivity contribution < 1.29 is 18.0 Å². The molecule has 33 heavy (non-hydrogen) atoms. The number of benzene rings is 1. The number of rotatable bonds is 5. The van der Waals surface area contributed by atoms with E-state index in [9.17, 15) is 18.0 Å². The molecule has 7 nitrogen and oxygen atoms in total. The topological polar surface area (TPSA) is 86.8 Å². The third-order valence-corrected chi connectivity index (χ3v) is 10.5. The highest BCUT2D eigenvalue weighted by atomic mass is 32.2. The molecule has 1 atom stereocenters. The van der Waals surface area contributed by atoms with Crippen LogP contribution in [0.15, 0.2) is 23.1 Å². The zero-order valence-electron chi connectivity index (χ0n) is 19.8. The maximum Gasteiger partial charge on any atom is 0.247 e. The van der Waals surface area contributed by atoms with E-state index in [2.05, 4.69) is 5.32 Å². The van der Waals surface area contributed by atoms with E-state index in [0.29, 0.717) is 42.0 Å². The van der Waals surface area contributed by atoms with Gasteiger partial charge >= 0.3 is 0 Å². The predicted molar refractivity (Wildman–Crippen MR) is 126 cm³/mol. The van der Waals surface area contributed by atoms with Crippen LogP contribution >= 0.6 is 0 Å². The summed E-state index contributed by atoms with van der Waals surface area (Å²) in [4.78, 5) is 29.1. The first kappa shape index (κ1) is 22.8. The van der Waals surface area contributed by atoms with E-state index in [0.717, 1.165) is 25.7 Å². The van der Waals surface area contributed by atoms with Gasteiger partial charge in [0.15, 0.2) is 0 Å². The fourth-order valence-corrected chi connectivity index (χ4v) is 8.48. The number of hydrogen-bond donors (Lipinski definition) is 1. The van der Waals surface area contributed by atoms with Crippen LogP contribution in [0.1, 0.15) is 56.9 Å². The van der Waals surface area contributed by atoms with Gasteiger partial charge in [0.1, 0.15) is 6.04 Å². The van der Waals surface area contributed by atoms with Crippen molar-refractivity contribution in [3.8, 4) is 0 Å². The lowest BCUT2D eigenvalue weighted by Gasteiger charge is -2.56. The van der Waals surface area contributed by atoms with Crippen LogP contribution in [0, 0.1) is 30.1 Å². The second-order valence-corrected chi connectivity index (χ2v) is 13.2. The molecule has 4 saturated carbocycles. The zero-order valence-corrected chi connectivity index (χ0v) is 20.7. The molecule has 2 amide bonds. The predicted octanol–water partition coefficient (Wildman–Crippen LogP) is 3.39. The third-order valence-electron chi connectivity index (χ3n) is 8.52. The summed E-state index contributed by atoms with van der Waals surface area (Å²) >= 11 is 0. The van der Waals surface area contributed by atoms with Crippen LogP contribution < -0.4 is 5.32 Å². The van der Waals surface area contributed by atoms with Gasteiger partial charge in [-0.05, 0) is 93.7 Å². The molecule has 0 spiro atoms. The number of hydrogen-bond acceptors (Lipinski definition) is 4. The molecule has 0 aromatic heterocycles. The number of likely N-dealkylation sites (tertiary alicyclic amines) is 1. The molecule has 8 heteroatoms. The van der Waals surface area contributed by atoms with Gasteiger partial charge in [0.2, 0.25) is 21.8 Å². The van der Waals surface area contributed by atoms with Gasteiger partial charge in [0.25, 0.3) is 0 Å². The van der Waals surface area contributed by atoms with Gasteiger partial charge in [-0.25, -0.2) is 12.7 Å². The van der Waals surface area contributed by atoms with Crippen LogP contribution in [0.5, 0.6) is 0 Å². The van der Waals surface area contributed by atoms with Gasteiger partial charge in [0.05, 0.1) is 10.3 Å². The molecular weight excluding hydrogens is 438 g/mol. The molecule has 180 valence electrons. The Bertz CT molecular complexity index is 1050. The molecule has 5 aliphatic rings. The SMILES string of the molecule is Cc1ccc(NC(=O)[C@@H]2CCCN2C(=O)C23CC4CC(CC(C4)C2)C3)cc1S(=O)(=O)N(C)C. The number of carbonyl (C=O) groups excluding carboxylic acids is 2. The fraction of sp³-hybridized carbons (Fsp3) is 0.680. The largest absolute Gasteiger partial charge is 0.330 e. The minimum atomic E-state index is -3.62. The maximum absolute atomic E-state index is 13.8. The standard InChI is InChI=1S/C25H35N3O4S/c1-16-6-7-20(12-22(16)33(31,32)27(2)3)26-23(29)21-5-4-8-28(21)24(30)25-13-17-9-18(14-25)11-19(10-17)15-25/h6-7,12,17-19,21H,4-5,8-11,13-15H2,1-3H3,(H,26,29)/t17?,18?,19?,21-,25?/m0/s1. The maximum atomic E-state index is 13.8. The van der Waals surface area contributed by atoms with Crippen molar-refractivity contribution in [1.82, 2.24) is 9.21 Å². The monoisotopic (exact) mass is 473 g/mol. The molecule has 1 saturated heterocycles. The summed E-state index contributed by atoms with van der Waals surface area (Å²) in [6, 6.07) is 4.46. The van der Waals surface area contributed by atoms with Crippen molar-refractivity contribution in [3.05, 3.63) is 23.8 Å². The normalized spacial score (nSPS) is 33.0. The molecule has 4 aliphatic carbocycles. The zero-order chi connectivity index (χ0) is 23.5. The lowest BCUT2D eigenvalue weighted by atomic mass is 9.49. The van der Waals surface area contributed by atoms with E-state index in [1.165, 1.54) is 43.7 Å². The van der Waals surface area contributed by atoms with Crippen molar-refractivity contribution in [3.63, 3.8) is 0 Å². The molecule has 1 N–H and O–H groups in total. The number of amides is 2. The summed E-state index contributed by atoms with van der Waals surface area (Å²) in [5.41, 5.74) is 0.815. The fourth-order valence-electron chi connectivity index (χ4n) is 7.34. The molecule has 1 heterocycles. The van der Waals surface area contributed by atoms with Crippen LogP contribution in [0.25, 0.3) is 0 Å². The van der Waals surface area contributed by atoms with Gasteiger partial charge in [-0.3, -0.25) is 9.59 Å². The summed E-state index contributed by atoms with van der Waals surface area (Å²) in [5, 5.41) is 2.91. The average Bonchev–Trinajstić information content (AvgIpc) is 3.23. The third kappa shape index (κ3) is 3.89. The van der Waals surface area contributed by atoms with E-state index < -0.39 is 16.1 Å². The Hall–Kier alpha value is -1.93. The lowest BCUT2D eigenvalue weighted by molar-refractivity contribution is -0.160. The van der Waals surface area contributed by atoms with Crippen molar-refractivity contribution >= 4 is 27.5 Å². The van der Waals surface area contributed by atoms with E-state index in [4.69, 9.17) is 0 Å². The van der Waals surface area contributed by atoms with Gasteiger partial charge in [0, 0.05) is 26.3 Å². The number of nitrogens with one attached hydrogen (secondary N) is 1. The smallest absolute Gasteiger partial charge is 0.247 e. The van der Waals surface area contributed by atoms with Gasteiger partial charge in [-0.1, -0.05) is 6.07 Å². The average molecular weight is 474 g/mol. The first-order chi connectivity index (χ1) is 15.6. The van der Waals surface area contributed by atoms with Crippen molar-refractivity contribution in [2.45, 2.75) is 69.2 Å². The summed E-state index contributed by atoms with van der Waals surface area (Å²) in [6.07, 6.45) is 8.29. The number of aryl methyl sites for hydroxylation is 1. The highest BCUT2D eigenvalue weighted by Crippen LogP contribution is 2.60. The molecule has 4 bridgehead atoms. The Morgan fingerprint density at radius 2 is 1.67 bits per heavy atom. The molecular formula is C25H35N3O4S. The van der Waals surface area contributed by atoms with Gasteiger partial charge in [-0.15, -0.1) is 0 Å². The Balaban J connectivity index is 1.34. The van der Waals surface area contributed by atoms with Crippen LogP contribution in [0.3, 0.4) is 0 Å². The van der Waals surface area contributed by atoms with Crippen molar-refractivity contribution in [1.29, 1.82) is 0 Å². The summed E-state index contributed by atoms with van der Waals surface area (Å²) in [5.74, 6) is 2.01. The van der Waals surface area contributed by atoms with Crippen LogP contribution in [0.4, 0.5) is 5.69 Å². The number of carbonyl (C=O) groups is 2. The van der Waals surface area contributed by atoms with Crippen LogP contribution in [0.2, 0.25) is 0 Å². The first-order valence-electron chi connectivity index (χ1n) is 12.2. The molecule has 6 rings (SSSR count). The number of nitrogens with zero attached hydrogens (tertiary/aromatic N) is 2. The Labute approximate surface area is 196 Å². The second kappa shape index (κ2) is 8.08. The van der Waals surface area contributed by atoms with Gasteiger partial charge < -0.3 is 10.2 Å². The van der Waals surface area contributed by atoms with Crippen LogP contribution in [-0.2, 0) is 19.6 Å². The van der Waals surface area contributed by atoms with E-state index in [1.54, 1.807) is 19.1 Å². The Morgan fingerprint density at radius 1 is 1.06 bits per heavy atom. The van der Waals surface area contributed by atoms with E-state index in [1.807, 2.05) is 4.90 Å². The quantitative estimate of drug-likeness (QED) is 0.710. The molecule has 0 unspecified atom stereocenters. The Kier molecular flexibility index (Phi) is 5.59. The summed E-state index contributed by atoms with van der Waals surface area (Å²) < 4.78 is 26.5.